The molecule has 4 rings (SSSR count). The molecule has 5 nitrogen and oxygen atoms in total. The van der Waals surface area contributed by atoms with Gasteiger partial charge in [0.2, 0.25) is 5.91 Å². The van der Waals surface area contributed by atoms with Gasteiger partial charge in [-0.1, -0.05) is 36.4 Å². The highest BCUT2D eigenvalue weighted by atomic mass is 16.2. The Bertz CT molecular complexity index is 1040. The van der Waals surface area contributed by atoms with Gasteiger partial charge in [-0.25, -0.2) is 0 Å². The first-order valence-corrected chi connectivity index (χ1v) is 9.87. The summed E-state index contributed by atoms with van der Waals surface area (Å²) >= 11 is 0. The normalized spacial score (nSPS) is 18.2. The summed E-state index contributed by atoms with van der Waals surface area (Å²) in [7, 11) is 1.88. The fraction of sp³-hybridized carbons (Fsp3) is 0.250. The summed E-state index contributed by atoms with van der Waals surface area (Å²) in [5.74, 6) is -0.0320. The molecule has 0 unspecified atom stereocenters. The first-order valence-electron chi connectivity index (χ1n) is 9.87. The molecule has 1 aliphatic heterocycles. The van der Waals surface area contributed by atoms with Gasteiger partial charge < -0.3 is 14.4 Å². The van der Waals surface area contributed by atoms with Crippen LogP contribution in [0.4, 0.5) is 11.4 Å². The van der Waals surface area contributed by atoms with E-state index in [4.69, 9.17) is 0 Å². The van der Waals surface area contributed by atoms with Crippen LogP contribution in [-0.2, 0) is 11.8 Å². The molecular formula is C24H25N3O2. The van der Waals surface area contributed by atoms with E-state index in [1.165, 1.54) is 0 Å². The smallest absolute Gasteiger partial charge is 0.275 e. The van der Waals surface area contributed by atoms with E-state index >= 15 is 0 Å². The minimum Gasteiger partial charge on any atom is -0.347 e. The van der Waals surface area contributed by atoms with Crippen LogP contribution in [0.2, 0.25) is 0 Å². The minimum atomic E-state index is -0.126. The maximum atomic E-state index is 13.4. The van der Waals surface area contributed by atoms with E-state index in [0.29, 0.717) is 12.1 Å². The number of benzene rings is 2. The zero-order chi connectivity index (χ0) is 20.5. The lowest BCUT2D eigenvalue weighted by Gasteiger charge is -2.43. The van der Waals surface area contributed by atoms with E-state index in [9.17, 15) is 9.59 Å². The van der Waals surface area contributed by atoms with Crippen LogP contribution >= 0.6 is 0 Å². The van der Waals surface area contributed by atoms with E-state index in [0.717, 1.165) is 16.9 Å². The molecule has 0 spiro atoms. The van der Waals surface area contributed by atoms with Gasteiger partial charge in [0.25, 0.3) is 5.91 Å². The van der Waals surface area contributed by atoms with Gasteiger partial charge in [-0.15, -0.1) is 0 Å². The summed E-state index contributed by atoms with van der Waals surface area (Å²) in [6.45, 7) is 3.65. The van der Waals surface area contributed by atoms with Gasteiger partial charge in [0.1, 0.15) is 5.69 Å². The minimum absolute atomic E-state index is 0.00888. The van der Waals surface area contributed by atoms with Crippen LogP contribution in [0, 0.1) is 0 Å². The van der Waals surface area contributed by atoms with Gasteiger partial charge in [0, 0.05) is 37.6 Å². The van der Waals surface area contributed by atoms with Crippen molar-refractivity contribution in [2.24, 2.45) is 7.05 Å². The van der Waals surface area contributed by atoms with Gasteiger partial charge in [-0.05, 0) is 49.2 Å². The molecular weight excluding hydrogens is 362 g/mol. The number of para-hydroxylation sites is 2. The average molecular weight is 387 g/mol. The predicted octanol–water partition coefficient (Wildman–Crippen LogP) is 4.56. The summed E-state index contributed by atoms with van der Waals surface area (Å²) in [5, 5.41) is 0. The third-order valence-corrected chi connectivity index (χ3v) is 5.63. The Morgan fingerprint density at radius 1 is 0.966 bits per heavy atom. The lowest BCUT2D eigenvalue weighted by atomic mass is 9.89. The highest BCUT2D eigenvalue weighted by Gasteiger charge is 2.38. The predicted molar refractivity (Wildman–Crippen MR) is 115 cm³/mol. The molecule has 0 saturated heterocycles. The number of rotatable bonds is 3. The van der Waals surface area contributed by atoms with Crippen molar-refractivity contribution in [1.82, 2.24) is 4.57 Å². The molecule has 0 N–H and O–H groups in total. The molecule has 0 fully saturated rings. The van der Waals surface area contributed by atoms with Crippen molar-refractivity contribution in [2.45, 2.75) is 32.4 Å². The van der Waals surface area contributed by atoms with Gasteiger partial charge >= 0.3 is 0 Å². The Hall–Kier alpha value is -3.34. The van der Waals surface area contributed by atoms with Gasteiger partial charge in [-0.3, -0.25) is 9.59 Å². The van der Waals surface area contributed by atoms with Gasteiger partial charge in [0.05, 0.1) is 6.04 Å². The summed E-state index contributed by atoms with van der Waals surface area (Å²) < 4.78 is 1.84. The molecule has 5 heteroatoms. The molecule has 2 heterocycles. The van der Waals surface area contributed by atoms with Crippen molar-refractivity contribution < 1.29 is 9.59 Å². The number of hydrogen-bond donors (Lipinski definition) is 0. The van der Waals surface area contributed by atoms with Crippen LogP contribution in [0.25, 0.3) is 0 Å². The Morgan fingerprint density at radius 3 is 2.31 bits per heavy atom. The van der Waals surface area contributed by atoms with Crippen molar-refractivity contribution in [3.63, 3.8) is 0 Å². The van der Waals surface area contributed by atoms with E-state index in [2.05, 4.69) is 0 Å². The molecule has 0 aliphatic carbocycles. The molecule has 2 atom stereocenters. The molecule has 0 bridgehead atoms. The number of aryl methyl sites for hydroxylation is 1. The van der Waals surface area contributed by atoms with Gasteiger partial charge in [0.15, 0.2) is 0 Å². The molecule has 2 amide bonds. The maximum Gasteiger partial charge on any atom is 0.275 e. The highest BCUT2D eigenvalue weighted by molar-refractivity contribution is 6.06. The van der Waals surface area contributed by atoms with Crippen molar-refractivity contribution >= 4 is 23.2 Å². The number of hydrogen-bond acceptors (Lipinski definition) is 2. The molecule has 0 radical (unpaired) electrons. The van der Waals surface area contributed by atoms with Crippen molar-refractivity contribution in [1.29, 1.82) is 0 Å². The first kappa shape index (κ1) is 19.0. The SMILES string of the molecule is CC(=O)N(c1ccccc1)[C@@H]1C[C@H](C)N(C(=O)c2cccn2C)c2ccccc21. The largest absolute Gasteiger partial charge is 0.347 e. The number of aromatic nitrogens is 1. The molecule has 0 saturated carbocycles. The van der Waals surface area contributed by atoms with Crippen LogP contribution in [0.1, 0.15) is 42.4 Å². The topological polar surface area (TPSA) is 45.6 Å². The zero-order valence-corrected chi connectivity index (χ0v) is 16.9. The number of amides is 2. The van der Waals surface area contributed by atoms with E-state index < -0.39 is 0 Å². The number of nitrogens with zero attached hydrogens (tertiary/aromatic N) is 3. The number of carbonyl (C=O) groups is 2. The second kappa shape index (κ2) is 7.59. The molecule has 3 aromatic rings. The Kier molecular flexibility index (Phi) is 4.97. The van der Waals surface area contributed by atoms with Crippen molar-refractivity contribution in [2.75, 3.05) is 9.80 Å². The number of carbonyl (C=O) groups excluding carboxylic acids is 2. The summed E-state index contributed by atoms with van der Waals surface area (Å²) in [6.07, 6.45) is 2.55. The standard InChI is InChI=1S/C24H25N3O2/c1-17-16-23(27(18(2)28)19-10-5-4-6-11-19)20-12-7-8-13-21(20)26(17)24(29)22-14-9-15-25(22)3/h4-15,17,23H,16H2,1-3H3/t17-,23+/m0/s1. The number of fused-ring (bicyclic) bond motifs is 1. The van der Waals surface area contributed by atoms with E-state index in [-0.39, 0.29) is 23.9 Å². The zero-order valence-electron chi connectivity index (χ0n) is 16.9. The molecule has 2 aromatic carbocycles. The quantitative estimate of drug-likeness (QED) is 0.661. The second-order valence-corrected chi connectivity index (χ2v) is 7.56. The Labute approximate surface area is 171 Å². The molecule has 29 heavy (non-hydrogen) atoms. The molecule has 148 valence electrons. The fourth-order valence-electron chi connectivity index (χ4n) is 4.31. The second-order valence-electron chi connectivity index (χ2n) is 7.56. The van der Waals surface area contributed by atoms with Crippen LogP contribution in [0.3, 0.4) is 0 Å². The van der Waals surface area contributed by atoms with E-state index in [1.54, 1.807) is 6.92 Å². The Morgan fingerprint density at radius 2 is 1.66 bits per heavy atom. The van der Waals surface area contributed by atoms with Crippen LogP contribution in [0.15, 0.2) is 72.9 Å². The van der Waals surface area contributed by atoms with E-state index in [1.807, 2.05) is 101 Å². The van der Waals surface area contributed by atoms with Crippen LogP contribution in [-0.4, -0.2) is 22.4 Å². The summed E-state index contributed by atoms with van der Waals surface area (Å²) in [5.41, 5.74) is 3.38. The van der Waals surface area contributed by atoms with Crippen molar-refractivity contribution in [3.8, 4) is 0 Å². The average Bonchev–Trinajstić information content (AvgIpc) is 3.14. The lowest BCUT2D eigenvalue weighted by molar-refractivity contribution is -0.117. The van der Waals surface area contributed by atoms with Gasteiger partial charge in [-0.2, -0.15) is 0 Å². The molecule has 1 aliphatic rings. The summed E-state index contributed by atoms with van der Waals surface area (Å²) in [6, 6.07) is 21.2. The van der Waals surface area contributed by atoms with Crippen LogP contribution in [0.5, 0.6) is 0 Å². The molecule has 1 aromatic heterocycles. The third-order valence-electron chi connectivity index (χ3n) is 5.63. The third kappa shape index (κ3) is 3.33. The van der Waals surface area contributed by atoms with Crippen molar-refractivity contribution in [3.05, 3.63) is 84.2 Å². The first-order chi connectivity index (χ1) is 14.0. The maximum absolute atomic E-state index is 13.4. The van der Waals surface area contributed by atoms with Crippen LogP contribution < -0.4 is 9.80 Å². The summed E-state index contributed by atoms with van der Waals surface area (Å²) in [4.78, 5) is 29.7. The number of anilines is 2. The lowest BCUT2D eigenvalue weighted by Crippen LogP contribution is -2.47. The fourth-order valence-corrected chi connectivity index (χ4v) is 4.31. The Balaban J connectivity index is 1.80. The highest BCUT2D eigenvalue weighted by Crippen LogP contribution is 2.42. The monoisotopic (exact) mass is 387 g/mol.